The average molecular weight is 803 g/mol. The number of aliphatic hydroxyl groups excluding tert-OH is 1. The number of nitrogens with zero attached hydrogens (tertiary/aromatic N) is 2. The van der Waals surface area contributed by atoms with Crippen molar-refractivity contribution in [2.45, 2.75) is 58.3 Å². The Labute approximate surface area is 336 Å². The molecule has 17 nitrogen and oxygen atoms in total. The van der Waals surface area contributed by atoms with Crippen LogP contribution in [0.4, 0.5) is 5.69 Å². The summed E-state index contributed by atoms with van der Waals surface area (Å²) in [4.78, 5) is 83.2. The van der Waals surface area contributed by atoms with Gasteiger partial charge in [0, 0.05) is 31.3 Å². The fourth-order valence-corrected chi connectivity index (χ4v) is 6.46. The smallest absolute Gasteiger partial charge is 0.264 e. The van der Waals surface area contributed by atoms with Crippen LogP contribution in [0.2, 0.25) is 0 Å². The summed E-state index contributed by atoms with van der Waals surface area (Å²) >= 11 is 0. The van der Waals surface area contributed by atoms with Crippen LogP contribution in [0.1, 0.15) is 59.9 Å². The molecule has 5 rings (SSSR count). The number of fused-ring (bicyclic) bond motifs is 4. The molecule has 0 aromatic heterocycles. The number of benzene rings is 3. The van der Waals surface area contributed by atoms with Crippen molar-refractivity contribution in [3.8, 4) is 28.7 Å². The van der Waals surface area contributed by atoms with Crippen molar-refractivity contribution in [3.63, 3.8) is 0 Å². The fourth-order valence-electron chi connectivity index (χ4n) is 6.46. The summed E-state index contributed by atoms with van der Waals surface area (Å²) in [7, 11) is 4.50. The third-order valence-electron chi connectivity index (χ3n) is 9.78. The molecular weight excluding hydrogens is 752 g/mol. The number of hydrogen-bond acceptors (Lipinski definition) is 11. The number of methoxy groups -OCH3 is 2. The van der Waals surface area contributed by atoms with Crippen molar-refractivity contribution in [1.82, 2.24) is 26.2 Å². The second kappa shape index (κ2) is 19.2. The van der Waals surface area contributed by atoms with Crippen molar-refractivity contribution in [1.29, 1.82) is 0 Å². The van der Waals surface area contributed by atoms with Gasteiger partial charge in [0.05, 0.1) is 44.7 Å². The molecule has 58 heavy (non-hydrogen) atoms. The van der Waals surface area contributed by atoms with E-state index in [-0.39, 0.29) is 49.0 Å². The predicted molar refractivity (Wildman–Crippen MR) is 211 cm³/mol. The Kier molecular flexibility index (Phi) is 14.2. The Morgan fingerprint density at radius 2 is 1.60 bits per heavy atom. The van der Waals surface area contributed by atoms with Crippen molar-refractivity contribution in [2.24, 2.45) is 5.92 Å². The van der Waals surface area contributed by atoms with E-state index in [0.29, 0.717) is 47.1 Å². The molecule has 3 aromatic rings. The molecule has 2 bridgehead atoms. The third kappa shape index (κ3) is 10.1. The molecule has 0 aliphatic carbocycles. The molecule has 0 fully saturated rings. The molecule has 2 heterocycles. The Bertz CT molecular complexity index is 2040. The molecule has 3 aromatic carbocycles. The van der Waals surface area contributed by atoms with Gasteiger partial charge in [0.15, 0.2) is 18.1 Å². The normalized spacial score (nSPS) is 19.2. The highest BCUT2D eigenvalue weighted by molar-refractivity contribution is 6.02. The molecule has 0 radical (unpaired) electrons. The summed E-state index contributed by atoms with van der Waals surface area (Å²) in [6.45, 7) is 4.32. The minimum absolute atomic E-state index is 0.0645. The predicted octanol–water partition coefficient (Wildman–Crippen LogP) is 2.14. The third-order valence-corrected chi connectivity index (χ3v) is 9.78. The van der Waals surface area contributed by atoms with Crippen molar-refractivity contribution in [2.75, 3.05) is 52.4 Å². The quantitative estimate of drug-likeness (QED) is 0.252. The van der Waals surface area contributed by atoms with Gasteiger partial charge < -0.3 is 55.1 Å². The van der Waals surface area contributed by atoms with Crippen molar-refractivity contribution >= 4 is 41.1 Å². The maximum atomic E-state index is 14.0. The number of anilines is 1. The van der Waals surface area contributed by atoms with Gasteiger partial charge in [0.1, 0.15) is 29.3 Å². The zero-order valence-corrected chi connectivity index (χ0v) is 33.4. The zero-order valence-electron chi connectivity index (χ0n) is 33.4. The van der Waals surface area contributed by atoms with Crippen LogP contribution in [0, 0.1) is 5.92 Å². The van der Waals surface area contributed by atoms with E-state index in [0.717, 1.165) is 0 Å². The van der Waals surface area contributed by atoms with Crippen LogP contribution >= 0.6 is 0 Å². The summed E-state index contributed by atoms with van der Waals surface area (Å²) in [5.74, 6) is -2.12. The van der Waals surface area contributed by atoms with Crippen LogP contribution in [0.15, 0.2) is 54.6 Å². The van der Waals surface area contributed by atoms with Gasteiger partial charge in [0.2, 0.25) is 17.7 Å². The van der Waals surface area contributed by atoms with E-state index in [9.17, 15) is 33.9 Å². The number of rotatable bonds is 5. The lowest BCUT2D eigenvalue weighted by Gasteiger charge is -2.29. The maximum Gasteiger partial charge on any atom is 0.264 e. The first-order valence-corrected chi connectivity index (χ1v) is 18.9. The lowest BCUT2D eigenvalue weighted by atomic mass is 10.0. The molecule has 310 valence electrons. The van der Waals surface area contributed by atoms with Gasteiger partial charge in [-0.1, -0.05) is 19.9 Å². The van der Waals surface area contributed by atoms with Crippen molar-refractivity contribution < 1.29 is 52.8 Å². The molecule has 17 heteroatoms. The molecule has 0 saturated carbocycles. The average Bonchev–Trinajstić information content (AvgIpc) is 3.20. The van der Waals surface area contributed by atoms with Crippen LogP contribution in [0.5, 0.6) is 28.7 Å². The number of ether oxygens (including phenoxy) is 4. The monoisotopic (exact) mass is 802 g/mol. The Balaban J connectivity index is 1.46. The first kappa shape index (κ1) is 42.8. The molecular formula is C41H50N6O11. The molecule has 6 amide bonds. The second-order valence-electron chi connectivity index (χ2n) is 14.3. The fraction of sp³-hybridized carbons (Fsp3) is 0.415. The SMILES string of the molecule is COc1ccc2cc1Oc1cccc(OC)c1CNC(=O)[C@@H](C(C)C)NC(=O)[C@H]([C@@H](C)O)NC(=O)CN(C(=O)c1ccc3c(c1)N(C)C(=O)CO3)CCCCNC2=O. The van der Waals surface area contributed by atoms with Gasteiger partial charge in [-0.3, -0.25) is 28.8 Å². The van der Waals surface area contributed by atoms with Crippen LogP contribution in [0.25, 0.3) is 0 Å². The van der Waals surface area contributed by atoms with E-state index >= 15 is 0 Å². The van der Waals surface area contributed by atoms with E-state index < -0.39 is 60.2 Å². The summed E-state index contributed by atoms with van der Waals surface area (Å²) in [5.41, 5.74) is 1.30. The van der Waals surface area contributed by atoms with Crippen LogP contribution < -0.4 is 45.1 Å². The minimum atomic E-state index is -1.49. The molecule has 2 aliphatic rings. The number of hydrogen-bond donors (Lipinski definition) is 5. The van der Waals surface area contributed by atoms with Crippen LogP contribution in [-0.2, 0) is 25.7 Å². The molecule has 3 atom stereocenters. The van der Waals surface area contributed by atoms with Gasteiger partial charge in [0.25, 0.3) is 17.7 Å². The number of nitrogens with one attached hydrogen (secondary N) is 4. The van der Waals surface area contributed by atoms with Gasteiger partial charge >= 0.3 is 0 Å². The topological polar surface area (TPSA) is 214 Å². The number of aliphatic hydroxyl groups is 1. The largest absolute Gasteiger partial charge is 0.496 e. The molecule has 0 spiro atoms. The minimum Gasteiger partial charge on any atom is -0.496 e. The molecule has 2 aliphatic heterocycles. The zero-order chi connectivity index (χ0) is 42.1. The van der Waals surface area contributed by atoms with E-state index in [4.69, 9.17) is 18.9 Å². The number of likely N-dealkylation sites (N-methyl/N-ethyl adjacent to an activating group) is 1. The summed E-state index contributed by atoms with van der Waals surface area (Å²) in [5, 5.41) is 21.6. The Morgan fingerprint density at radius 1 is 0.845 bits per heavy atom. The van der Waals surface area contributed by atoms with E-state index in [1.807, 2.05) is 0 Å². The number of carbonyl (C=O) groups is 6. The van der Waals surface area contributed by atoms with Crippen molar-refractivity contribution in [3.05, 3.63) is 71.3 Å². The highest BCUT2D eigenvalue weighted by atomic mass is 16.5. The summed E-state index contributed by atoms with van der Waals surface area (Å²) in [6, 6.07) is 11.8. The lowest BCUT2D eigenvalue weighted by Crippen LogP contribution is -2.59. The summed E-state index contributed by atoms with van der Waals surface area (Å²) in [6.07, 6.45) is -0.624. The van der Waals surface area contributed by atoms with E-state index in [1.165, 1.54) is 49.1 Å². The molecule has 5 N–H and O–H groups in total. The second-order valence-corrected chi connectivity index (χ2v) is 14.3. The van der Waals surface area contributed by atoms with E-state index in [1.54, 1.807) is 57.3 Å². The van der Waals surface area contributed by atoms with Crippen LogP contribution in [-0.4, -0.2) is 111 Å². The Hall–Kier alpha value is -6.36. The van der Waals surface area contributed by atoms with Gasteiger partial charge in [-0.2, -0.15) is 0 Å². The number of carbonyl (C=O) groups excluding carboxylic acids is 6. The highest BCUT2D eigenvalue weighted by Crippen LogP contribution is 2.37. The number of amides is 6. The first-order chi connectivity index (χ1) is 27.7. The maximum absolute atomic E-state index is 14.0. The molecule has 0 saturated heterocycles. The standard InChI is InChI=1S/C41H50N6O11/c1-23(2)36-39(52)43-20-27-29(55-5)10-9-11-30(27)58-33-19-25(12-15-32(33)56-6)38(51)42-16-7-8-17-47(21-34(49)44-37(24(3)48)40(53)45-36)41(54)26-13-14-31-28(18-26)46(4)35(50)22-57-31/h9-15,18-19,23-24,36-37,48H,7-8,16-17,20-22H2,1-6H3,(H,42,51)(H,43,52)(H,44,49)(H,45,53)/t24-,36-,37+/m1/s1. The Morgan fingerprint density at radius 3 is 2.31 bits per heavy atom. The highest BCUT2D eigenvalue weighted by Gasteiger charge is 2.33. The summed E-state index contributed by atoms with van der Waals surface area (Å²) < 4.78 is 22.9. The first-order valence-electron chi connectivity index (χ1n) is 18.9. The lowest BCUT2D eigenvalue weighted by molar-refractivity contribution is -0.135. The van der Waals surface area contributed by atoms with Gasteiger partial charge in [-0.15, -0.1) is 0 Å². The molecule has 0 unspecified atom stereocenters. The van der Waals surface area contributed by atoms with Gasteiger partial charge in [-0.25, -0.2) is 0 Å². The van der Waals surface area contributed by atoms with E-state index in [2.05, 4.69) is 21.3 Å². The van der Waals surface area contributed by atoms with Gasteiger partial charge in [-0.05, 0) is 74.2 Å². The van der Waals surface area contributed by atoms with Crippen LogP contribution in [0.3, 0.4) is 0 Å².